The largest absolute Gasteiger partial charge is 0.497 e. The van der Waals surface area contributed by atoms with Crippen LogP contribution < -0.4 is 24.4 Å². The molecule has 4 rings (SSSR count). The van der Waals surface area contributed by atoms with Crippen LogP contribution in [0.3, 0.4) is 0 Å². The van der Waals surface area contributed by atoms with Gasteiger partial charge in [0.2, 0.25) is 11.8 Å². The van der Waals surface area contributed by atoms with Gasteiger partial charge in [0, 0.05) is 25.3 Å². The maximum atomic E-state index is 13.4. The molecule has 2 aliphatic rings. The number of carbonyl (C=O) groups excluding carboxylic acids is 2. The van der Waals surface area contributed by atoms with Crippen LogP contribution in [0.5, 0.6) is 17.2 Å². The van der Waals surface area contributed by atoms with Gasteiger partial charge in [-0.3, -0.25) is 9.59 Å². The van der Waals surface area contributed by atoms with Crippen LogP contribution in [0.2, 0.25) is 0 Å². The molecule has 2 aromatic rings. The fourth-order valence-electron chi connectivity index (χ4n) is 4.78. The Morgan fingerprint density at radius 1 is 1.03 bits per heavy atom. The van der Waals surface area contributed by atoms with Gasteiger partial charge in [-0.05, 0) is 61.2 Å². The number of rotatable bonds is 8. The van der Waals surface area contributed by atoms with Gasteiger partial charge in [0.1, 0.15) is 5.75 Å². The number of anilines is 1. The summed E-state index contributed by atoms with van der Waals surface area (Å²) < 4.78 is 21.9. The number of methoxy groups -OCH3 is 3. The highest BCUT2D eigenvalue weighted by molar-refractivity contribution is 5.97. The lowest BCUT2D eigenvalue weighted by Crippen LogP contribution is -2.49. The highest BCUT2D eigenvalue weighted by Crippen LogP contribution is 2.42. The third-order valence-corrected chi connectivity index (χ3v) is 6.56. The highest BCUT2D eigenvalue weighted by Gasteiger charge is 2.42. The van der Waals surface area contributed by atoms with E-state index in [9.17, 15) is 9.59 Å². The number of carbonyl (C=O) groups is 2. The standard InChI is InChI=1S/C26H32N2O6/c1-31-19-9-7-18(8-10-19)28-24(29)13-11-21(26(30)27-16-20-5-4-14-34-20)25(28)17-6-12-22(32-2)23(15-17)33-3/h6-10,12,15,20-21,25H,4-5,11,13-14,16H2,1-3H3,(H,27,30)/t20-,21+,25-/m1/s1. The average Bonchev–Trinajstić information content (AvgIpc) is 3.40. The minimum absolute atomic E-state index is 0.0341. The molecule has 0 aromatic heterocycles. The van der Waals surface area contributed by atoms with E-state index in [-0.39, 0.29) is 24.3 Å². The summed E-state index contributed by atoms with van der Waals surface area (Å²) >= 11 is 0. The SMILES string of the molecule is COc1ccc(N2C(=O)CC[C@H](C(=O)NC[C@H]3CCCO3)[C@H]2c2ccc(OC)c(OC)c2)cc1. The highest BCUT2D eigenvalue weighted by atomic mass is 16.5. The number of hydrogen-bond donors (Lipinski definition) is 1. The number of ether oxygens (including phenoxy) is 4. The molecule has 182 valence electrons. The molecule has 8 nitrogen and oxygen atoms in total. The van der Waals surface area contributed by atoms with Crippen LogP contribution in [0.1, 0.15) is 37.3 Å². The van der Waals surface area contributed by atoms with Gasteiger partial charge in [-0.2, -0.15) is 0 Å². The monoisotopic (exact) mass is 468 g/mol. The Hall–Kier alpha value is -3.26. The van der Waals surface area contributed by atoms with Crippen LogP contribution in [0.4, 0.5) is 5.69 Å². The van der Waals surface area contributed by atoms with Crippen LogP contribution >= 0.6 is 0 Å². The van der Waals surface area contributed by atoms with Crippen molar-refractivity contribution in [2.45, 2.75) is 37.8 Å². The van der Waals surface area contributed by atoms with Gasteiger partial charge in [0.25, 0.3) is 0 Å². The Morgan fingerprint density at radius 3 is 2.44 bits per heavy atom. The van der Waals surface area contributed by atoms with Crippen molar-refractivity contribution in [1.29, 1.82) is 0 Å². The van der Waals surface area contributed by atoms with Gasteiger partial charge in [-0.1, -0.05) is 6.07 Å². The molecule has 0 unspecified atom stereocenters. The van der Waals surface area contributed by atoms with E-state index in [1.54, 1.807) is 32.3 Å². The first kappa shape index (κ1) is 23.9. The molecule has 0 spiro atoms. The van der Waals surface area contributed by atoms with E-state index in [1.165, 1.54) is 0 Å². The molecule has 2 saturated heterocycles. The third kappa shape index (κ3) is 4.97. The van der Waals surface area contributed by atoms with Crippen LogP contribution in [0, 0.1) is 5.92 Å². The van der Waals surface area contributed by atoms with Crippen molar-refractivity contribution in [1.82, 2.24) is 5.32 Å². The van der Waals surface area contributed by atoms with Crippen LogP contribution in [-0.4, -0.2) is 52.4 Å². The molecule has 2 fully saturated rings. The quantitative estimate of drug-likeness (QED) is 0.638. The first-order chi connectivity index (χ1) is 16.5. The number of piperidine rings is 1. The maximum Gasteiger partial charge on any atom is 0.227 e. The van der Waals surface area contributed by atoms with Crippen molar-refractivity contribution in [3.8, 4) is 17.2 Å². The van der Waals surface area contributed by atoms with E-state index in [1.807, 2.05) is 36.4 Å². The molecule has 0 bridgehead atoms. The second kappa shape index (κ2) is 10.8. The summed E-state index contributed by atoms with van der Waals surface area (Å²) in [5.41, 5.74) is 1.51. The molecule has 2 aliphatic heterocycles. The normalized spacial score (nSPS) is 22.4. The number of amides is 2. The predicted molar refractivity (Wildman–Crippen MR) is 127 cm³/mol. The second-order valence-corrected chi connectivity index (χ2v) is 8.55. The van der Waals surface area contributed by atoms with Crippen molar-refractivity contribution in [3.05, 3.63) is 48.0 Å². The number of benzene rings is 2. The number of nitrogens with one attached hydrogen (secondary N) is 1. The number of nitrogens with zero attached hydrogens (tertiary/aromatic N) is 1. The first-order valence-electron chi connectivity index (χ1n) is 11.6. The van der Waals surface area contributed by atoms with E-state index in [4.69, 9.17) is 18.9 Å². The summed E-state index contributed by atoms with van der Waals surface area (Å²) in [7, 11) is 4.75. The second-order valence-electron chi connectivity index (χ2n) is 8.55. The molecule has 2 aromatic carbocycles. The Balaban J connectivity index is 1.70. The van der Waals surface area contributed by atoms with E-state index in [0.29, 0.717) is 35.9 Å². The van der Waals surface area contributed by atoms with Crippen LogP contribution in [-0.2, 0) is 14.3 Å². The minimum Gasteiger partial charge on any atom is -0.497 e. The molecule has 0 radical (unpaired) electrons. The van der Waals surface area contributed by atoms with E-state index >= 15 is 0 Å². The van der Waals surface area contributed by atoms with Crippen LogP contribution in [0.15, 0.2) is 42.5 Å². The molecule has 2 heterocycles. The molecule has 1 N–H and O–H groups in total. The minimum atomic E-state index is -0.501. The van der Waals surface area contributed by atoms with Gasteiger partial charge in [0.15, 0.2) is 11.5 Å². The topological polar surface area (TPSA) is 86.3 Å². The van der Waals surface area contributed by atoms with Gasteiger partial charge < -0.3 is 29.2 Å². The van der Waals surface area contributed by atoms with Crippen molar-refractivity contribution in [2.75, 3.05) is 39.4 Å². The van der Waals surface area contributed by atoms with Gasteiger partial charge >= 0.3 is 0 Å². The van der Waals surface area contributed by atoms with Crippen molar-refractivity contribution < 1.29 is 28.5 Å². The van der Waals surface area contributed by atoms with Crippen molar-refractivity contribution >= 4 is 17.5 Å². The molecule has 0 aliphatic carbocycles. The lowest BCUT2D eigenvalue weighted by molar-refractivity contribution is -0.129. The Kier molecular flexibility index (Phi) is 7.57. The van der Waals surface area contributed by atoms with E-state index in [0.717, 1.165) is 25.0 Å². The first-order valence-corrected chi connectivity index (χ1v) is 11.6. The fourth-order valence-corrected chi connectivity index (χ4v) is 4.78. The maximum absolute atomic E-state index is 13.4. The molecular weight excluding hydrogens is 436 g/mol. The lowest BCUT2D eigenvalue weighted by Gasteiger charge is -2.41. The molecular formula is C26H32N2O6. The predicted octanol–water partition coefficient (Wildman–Crippen LogP) is 3.49. The smallest absolute Gasteiger partial charge is 0.227 e. The Morgan fingerprint density at radius 2 is 1.79 bits per heavy atom. The summed E-state index contributed by atoms with van der Waals surface area (Å²) in [6.45, 7) is 1.21. The lowest BCUT2D eigenvalue weighted by atomic mass is 9.83. The molecule has 34 heavy (non-hydrogen) atoms. The van der Waals surface area contributed by atoms with Crippen molar-refractivity contribution in [2.24, 2.45) is 5.92 Å². The molecule has 0 saturated carbocycles. The summed E-state index contributed by atoms with van der Waals surface area (Å²) in [5, 5.41) is 3.07. The summed E-state index contributed by atoms with van der Waals surface area (Å²) in [6.07, 6.45) is 2.75. The van der Waals surface area contributed by atoms with Crippen LogP contribution in [0.25, 0.3) is 0 Å². The number of hydrogen-bond acceptors (Lipinski definition) is 6. The summed E-state index contributed by atoms with van der Waals surface area (Å²) in [4.78, 5) is 28.4. The molecule has 3 atom stereocenters. The zero-order chi connectivity index (χ0) is 24.1. The zero-order valence-electron chi connectivity index (χ0n) is 19.9. The third-order valence-electron chi connectivity index (χ3n) is 6.56. The fraction of sp³-hybridized carbons (Fsp3) is 0.462. The van der Waals surface area contributed by atoms with Gasteiger partial charge in [-0.25, -0.2) is 0 Å². The van der Waals surface area contributed by atoms with Gasteiger partial charge in [-0.15, -0.1) is 0 Å². The Bertz CT molecular complexity index is 1000. The molecule has 2 amide bonds. The summed E-state index contributed by atoms with van der Waals surface area (Å²) in [6, 6.07) is 12.4. The van der Waals surface area contributed by atoms with Crippen molar-refractivity contribution in [3.63, 3.8) is 0 Å². The Labute approximate surface area is 200 Å². The van der Waals surface area contributed by atoms with E-state index in [2.05, 4.69) is 5.32 Å². The van der Waals surface area contributed by atoms with E-state index < -0.39 is 12.0 Å². The zero-order valence-corrected chi connectivity index (χ0v) is 19.9. The van der Waals surface area contributed by atoms with Gasteiger partial charge in [0.05, 0.1) is 39.4 Å². The summed E-state index contributed by atoms with van der Waals surface area (Å²) in [5.74, 6) is 1.28. The molecule has 8 heteroatoms. The average molecular weight is 469 g/mol.